The third kappa shape index (κ3) is 6.82. The third-order valence-electron chi connectivity index (χ3n) is 2.34. The van der Waals surface area contributed by atoms with Crippen molar-refractivity contribution >= 4 is 5.91 Å². The Morgan fingerprint density at radius 3 is 2.68 bits per heavy atom. The molecule has 0 heterocycles. The van der Waals surface area contributed by atoms with E-state index in [2.05, 4.69) is 5.32 Å². The van der Waals surface area contributed by atoms with Crippen LogP contribution in [0.3, 0.4) is 0 Å². The molecular weight excluding hydrogens is 240 g/mol. The van der Waals surface area contributed by atoms with Gasteiger partial charge in [0.1, 0.15) is 5.75 Å². The van der Waals surface area contributed by atoms with E-state index in [1.165, 1.54) is 0 Å². The molecule has 0 radical (unpaired) electrons. The first-order valence-electron chi connectivity index (χ1n) is 6.54. The number of benzene rings is 1. The van der Waals surface area contributed by atoms with Crippen LogP contribution in [0.15, 0.2) is 24.3 Å². The van der Waals surface area contributed by atoms with Crippen LogP contribution in [-0.4, -0.2) is 24.1 Å². The number of rotatable bonds is 5. The summed E-state index contributed by atoms with van der Waals surface area (Å²) in [6.07, 6.45) is 0.797. The molecule has 1 aromatic carbocycles. The van der Waals surface area contributed by atoms with Gasteiger partial charge in [-0.2, -0.15) is 0 Å². The average molecular weight is 264 g/mol. The van der Waals surface area contributed by atoms with Crippen molar-refractivity contribution in [3.8, 4) is 5.75 Å². The van der Waals surface area contributed by atoms with E-state index in [9.17, 15) is 4.79 Å². The van der Waals surface area contributed by atoms with Crippen molar-refractivity contribution in [3.05, 3.63) is 29.8 Å². The fraction of sp³-hybridized carbons (Fsp3) is 0.533. The molecule has 0 bridgehead atoms. The third-order valence-corrected chi connectivity index (χ3v) is 2.34. The summed E-state index contributed by atoms with van der Waals surface area (Å²) < 4.78 is 5.48. The average Bonchev–Trinajstić information content (AvgIpc) is 2.23. The molecule has 1 amide bonds. The summed E-state index contributed by atoms with van der Waals surface area (Å²) >= 11 is 0. The number of hydrogen-bond donors (Lipinski definition) is 2. The van der Waals surface area contributed by atoms with E-state index in [-0.39, 0.29) is 24.1 Å². The van der Waals surface area contributed by atoms with E-state index in [0.717, 1.165) is 12.0 Å². The molecule has 0 saturated heterocycles. The molecule has 0 fully saturated rings. The van der Waals surface area contributed by atoms with Crippen molar-refractivity contribution in [3.63, 3.8) is 0 Å². The normalized spacial score (nSPS) is 12.9. The molecule has 0 aromatic heterocycles. The number of ether oxygens (including phenoxy) is 1. The maximum absolute atomic E-state index is 11.6. The van der Waals surface area contributed by atoms with Crippen molar-refractivity contribution in [1.82, 2.24) is 5.32 Å². The van der Waals surface area contributed by atoms with Gasteiger partial charge in [-0.05, 0) is 51.8 Å². The molecular formula is C15H24N2O2. The second-order valence-corrected chi connectivity index (χ2v) is 5.92. The zero-order valence-electron chi connectivity index (χ0n) is 12.2. The van der Waals surface area contributed by atoms with Gasteiger partial charge in [0.25, 0.3) is 5.91 Å². The monoisotopic (exact) mass is 264 g/mol. The standard InChI is InChI=1S/C15H24N2O2/c1-11(16)8-12-6-5-7-13(9-12)19-10-14(18)17-15(2,3)4/h5-7,9,11H,8,10,16H2,1-4H3,(H,17,18). The lowest BCUT2D eigenvalue weighted by Crippen LogP contribution is -2.43. The summed E-state index contributed by atoms with van der Waals surface area (Å²) in [4.78, 5) is 11.6. The van der Waals surface area contributed by atoms with E-state index in [4.69, 9.17) is 10.5 Å². The van der Waals surface area contributed by atoms with Crippen LogP contribution in [0.25, 0.3) is 0 Å². The largest absolute Gasteiger partial charge is 0.484 e. The Bertz CT molecular complexity index is 422. The van der Waals surface area contributed by atoms with Gasteiger partial charge < -0.3 is 15.8 Å². The second-order valence-electron chi connectivity index (χ2n) is 5.92. The molecule has 3 N–H and O–H groups in total. The number of hydrogen-bond acceptors (Lipinski definition) is 3. The molecule has 0 aliphatic heterocycles. The van der Waals surface area contributed by atoms with Crippen LogP contribution < -0.4 is 15.8 Å². The molecule has 4 heteroatoms. The quantitative estimate of drug-likeness (QED) is 0.853. The molecule has 1 unspecified atom stereocenters. The number of nitrogens with one attached hydrogen (secondary N) is 1. The highest BCUT2D eigenvalue weighted by Crippen LogP contribution is 2.14. The van der Waals surface area contributed by atoms with Crippen molar-refractivity contribution in [2.45, 2.75) is 45.7 Å². The van der Waals surface area contributed by atoms with Gasteiger partial charge >= 0.3 is 0 Å². The molecule has 19 heavy (non-hydrogen) atoms. The number of amides is 1. The summed E-state index contributed by atoms with van der Waals surface area (Å²) in [5.74, 6) is 0.576. The Morgan fingerprint density at radius 1 is 1.42 bits per heavy atom. The SMILES string of the molecule is CC(N)Cc1cccc(OCC(=O)NC(C)(C)C)c1. The predicted molar refractivity (Wildman–Crippen MR) is 77.2 cm³/mol. The van der Waals surface area contributed by atoms with E-state index in [1.54, 1.807) is 0 Å². The highest BCUT2D eigenvalue weighted by Gasteiger charge is 2.13. The van der Waals surface area contributed by atoms with Crippen LogP contribution in [-0.2, 0) is 11.2 Å². The maximum atomic E-state index is 11.6. The summed E-state index contributed by atoms with van der Waals surface area (Å²) in [5, 5.41) is 2.85. The van der Waals surface area contributed by atoms with Gasteiger partial charge in [-0.25, -0.2) is 0 Å². The van der Waals surface area contributed by atoms with Gasteiger partial charge in [0.05, 0.1) is 0 Å². The fourth-order valence-electron chi connectivity index (χ4n) is 1.74. The lowest BCUT2D eigenvalue weighted by atomic mass is 10.1. The Hall–Kier alpha value is -1.55. The van der Waals surface area contributed by atoms with Crippen molar-refractivity contribution in [2.24, 2.45) is 5.73 Å². The van der Waals surface area contributed by atoms with E-state index >= 15 is 0 Å². The lowest BCUT2D eigenvalue weighted by molar-refractivity contribution is -0.124. The summed E-state index contributed by atoms with van der Waals surface area (Å²) in [5.41, 5.74) is 6.64. The Balaban J connectivity index is 2.51. The van der Waals surface area contributed by atoms with Crippen LogP contribution in [0.5, 0.6) is 5.75 Å². The Morgan fingerprint density at radius 2 is 2.11 bits per heavy atom. The maximum Gasteiger partial charge on any atom is 0.258 e. The van der Waals surface area contributed by atoms with Gasteiger partial charge in [-0.3, -0.25) is 4.79 Å². The molecule has 4 nitrogen and oxygen atoms in total. The van der Waals surface area contributed by atoms with Crippen LogP contribution in [0.4, 0.5) is 0 Å². The van der Waals surface area contributed by atoms with Crippen LogP contribution in [0, 0.1) is 0 Å². The van der Waals surface area contributed by atoms with Crippen LogP contribution >= 0.6 is 0 Å². The van der Waals surface area contributed by atoms with Crippen LogP contribution in [0.2, 0.25) is 0 Å². The van der Waals surface area contributed by atoms with Gasteiger partial charge in [0.15, 0.2) is 6.61 Å². The van der Waals surface area contributed by atoms with Crippen molar-refractivity contribution in [2.75, 3.05) is 6.61 Å². The molecule has 0 aliphatic carbocycles. The highest BCUT2D eigenvalue weighted by atomic mass is 16.5. The van der Waals surface area contributed by atoms with Gasteiger partial charge in [-0.1, -0.05) is 12.1 Å². The molecule has 1 aromatic rings. The van der Waals surface area contributed by atoms with Gasteiger partial charge in [0, 0.05) is 11.6 Å². The first kappa shape index (κ1) is 15.5. The van der Waals surface area contributed by atoms with E-state index < -0.39 is 0 Å². The topological polar surface area (TPSA) is 64.3 Å². The van der Waals surface area contributed by atoms with Crippen molar-refractivity contribution in [1.29, 1.82) is 0 Å². The van der Waals surface area contributed by atoms with Gasteiger partial charge in [-0.15, -0.1) is 0 Å². The molecule has 0 spiro atoms. The molecule has 0 saturated carbocycles. The number of carbonyl (C=O) groups is 1. The summed E-state index contributed by atoms with van der Waals surface area (Å²) in [6, 6.07) is 7.79. The molecule has 0 aliphatic rings. The fourth-order valence-corrected chi connectivity index (χ4v) is 1.74. The molecule has 106 valence electrons. The zero-order valence-corrected chi connectivity index (χ0v) is 12.2. The number of carbonyl (C=O) groups excluding carboxylic acids is 1. The first-order valence-corrected chi connectivity index (χ1v) is 6.54. The van der Waals surface area contributed by atoms with Gasteiger partial charge in [0.2, 0.25) is 0 Å². The minimum Gasteiger partial charge on any atom is -0.484 e. The minimum absolute atomic E-state index is 0.0267. The Labute approximate surface area is 115 Å². The first-order chi connectivity index (χ1) is 8.76. The minimum atomic E-state index is -0.239. The lowest BCUT2D eigenvalue weighted by Gasteiger charge is -2.20. The summed E-state index contributed by atoms with van der Waals surface area (Å²) in [7, 11) is 0. The summed E-state index contributed by atoms with van der Waals surface area (Å²) in [6.45, 7) is 7.81. The van der Waals surface area contributed by atoms with E-state index in [0.29, 0.717) is 5.75 Å². The zero-order chi connectivity index (χ0) is 14.5. The smallest absolute Gasteiger partial charge is 0.258 e. The van der Waals surface area contributed by atoms with Crippen LogP contribution in [0.1, 0.15) is 33.3 Å². The van der Waals surface area contributed by atoms with Crippen molar-refractivity contribution < 1.29 is 9.53 Å². The molecule has 1 atom stereocenters. The highest BCUT2D eigenvalue weighted by molar-refractivity contribution is 5.78. The number of nitrogens with two attached hydrogens (primary N) is 1. The second kappa shape index (κ2) is 6.57. The van der Waals surface area contributed by atoms with E-state index in [1.807, 2.05) is 52.0 Å². The Kier molecular flexibility index (Phi) is 5.36. The predicted octanol–water partition coefficient (Wildman–Crippen LogP) is 1.87. The molecule has 1 rings (SSSR count).